The van der Waals surface area contributed by atoms with E-state index in [1.165, 1.54) is 110 Å². The van der Waals surface area contributed by atoms with Crippen molar-refractivity contribution < 1.29 is 0 Å². The van der Waals surface area contributed by atoms with Gasteiger partial charge in [-0.1, -0.05) is 19.3 Å². The van der Waals surface area contributed by atoms with Crippen molar-refractivity contribution in [3.05, 3.63) is 0 Å². The third kappa shape index (κ3) is 7.33. The second-order valence-electron chi connectivity index (χ2n) is 8.22. The fourth-order valence-electron chi connectivity index (χ4n) is 4.69. The second kappa shape index (κ2) is 11.3. The first-order valence-electron chi connectivity index (χ1n) is 10.5. The van der Waals surface area contributed by atoms with Gasteiger partial charge < -0.3 is 4.90 Å². The minimum atomic E-state index is 0.863. The first-order valence-corrected chi connectivity index (χ1v) is 12.4. The smallest absolute Gasteiger partial charge is 0.0201 e. The first kappa shape index (κ1) is 21.0. The summed E-state index contributed by atoms with van der Waals surface area (Å²) in [6, 6.07) is 0.863. The topological polar surface area (TPSA) is 13.0 Å². The van der Waals surface area contributed by atoms with Gasteiger partial charge in [0.2, 0.25) is 0 Å². The molecule has 0 radical (unpaired) electrons. The molecule has 0 bridgehead atoms. The Labute approximate surface area is 183 Å². The van der Waals surface area contributed by atoms with Crippen molar-refractivity contribution in [1.82, 2.24) is 16.0 Å². The molecule has 0 unspecified atom stereocenters. The van der Waals surface area contributed by atoms with Crippen LogP contribution in [0.4, 0.5) is 0 Å². The fraction of sp³-hybridized carbons (Fsp3) is 1.00. The molecule has 4 nitrogen and oxygen atoms in total. The van der Waals surface area contributed by atoms with E-state index in [2.05, 4.69) is 61.8 Å². The van der Waals surface area contributed by atoms with Gasteiger partial charge in [0.1, 0.15) is 0 Å². The summed E-state index contributed by atoms with van der Waals surface area (Å²) in [7, 11) is 0. The number of piperazine rings is 1. The molecule has 0 aromatic rings. The average molecular weight is 574 g/mol. The van der Waals surface area contributed by atoms with E-state index in [-0.39, 0.29) is 0 Å². The summed E-state index contributed by atoms with van der Waals surface area (Å²) in [5, 5.41) is 0. The van der Waals surface area contributed by atoms with Gasteiger partial charge in [0.25, 0.3) is 0 Å². The summed E-state index contributed by atoms with van der Waals surface area (Å²) >= 11 is 4.96. The zero-order chi connectivity index (χ0) is 17.5. The maximum Gasteiger partial charge on any atom is 0.0201 e. The maximum atomic E-state index is 2.78. The van der Waals surface area contributed by atoms with Gasteiger partial charge in [-0.3, -0.25) is 4.90 Å². The predicted octanol–water partition coefficient (Wildman–Crippen LogP) is 4.04. The number of unbranched alkanes of at least 4 members (excludes halogenated alkanes) is 2. The van der Waals surface area contributed by atoms with Crippen LogP contribution in [-0.2, 0) is 0 Å². The fourth-order valence-corrected chi connectivity index (χ4v) is 5.80. The van der Waals surface area contributed by atoms with Gasteiger partial charge in [0.05, 0.1) is 0 Å². The van der Waals surface area contributed by atoms with Crippen molar-refractivity contribution in [3.63, 3.8) is 0 Å². The summed E-state index contributed by atoms with van der Waals surface area (Å²) in [4.78, 5) is 5.50. The molecule has 0 aliphatic carbocycles. The molecule has 0 atom stereocenters. The van der Waals surface area contributed by atoms with Gasteiger partial charge in [0, 0.05) is 104 Å². The van der Waals surface area contributed by atoms with Gasteiger partial charge in [-0.2, -0.15) is 0 Å². The van der Waals surface area contributed by atoms with Crippen molar-refractivity contribution in [2.75, 3.05) is 58.9 Å². The highest BCUT2D eigenvalue weighted by molar-refractivity contribution is 14.1. The lowest BCUT2D eigenvalue weighted by Gasteiger charge is -2.41. The Hall–Kier alpha value is 1.30. The van der Waals surface area contributed by atoms with Crippen molar-refractivity contribution >= 4 is 45.7 Å². The lowest BCUT2D eigenvalue weighted by Crippen LogP contribution is -2.52. The Kier molecular flexibility index (Phi) is 9.53. The van der Waals surface area contributed by atoms with Gasteiger partial charge in [0.15, 0.2) is 0 Å². The Bertz CT molecular complexity index is 360. The van der Waals surface area contributed by atoms with Crippen LogP contribution < -0.4 is 0 Å². The highest BCUT2D eigenvalue weighted by Crippen LogP contribution is 2.24. The molecule has 0 amide bonds. The van der Waals surface area contributed by atoms with Crippen LogP contribution in [0.3, 0.4) is 0 Å². The zero-order valence-electron chi connectivity index (χ0n) is 15.7. The molecule has 3 aliphatic heterocycles. The molecule has 3 saturated heterocycles. The molecule has 3 aliphatic rings. The molecule has 0 aromatic heterocycles. The number of hydrogen-bond acceptors (Lipinski definition) is 4. The van der Waals surface area contributed by atoms with Crippen LogP contribution >= 0.6 is 45.7 Å². The van der Waals surface area contributed by atoms with Crippen molar-refractivity contribution in [2.24, 2.45) is 5.92 Å². The molecule has 0 aromatic carbocycles. The molecule has 6 heteroatoms. The largest absolute Gasteiger partial charge is 0.301 e. The first-order chi connectivity index (χ1) is 12.2. The maximum absolute atomic E-state index is 2.78. The highest BCUT2D eigenvalue weighted by Gasteiger charge is 2.26. The quantitative estimate of drug-likeness (QED) is 0.259. The Balaban J connectivity index is 1.20. The number of nitrogens with zero attached hydrogens (tertiary/aromatic N) is 4. The lowest BCUT2D eigenvalue weighted by molar-refractivity contribution is 0.0748. The van der Waals surface area contributed by atoms with Crippen LogP contribution in [-0.4, -0.2) is 81.0 Å². The summed E-state index contributed by atoms with van der Waals surface area (Å²) in [5.74, 6) is 1.02. The number of piperidine rings is 2. The summed E-state index contributed by atoms with van der Waals surface area (Å²) in [6.45, 7) is 11.7. The molecule has 0 spiro atoms. The van der Waals surface area contributed by atoms with Crippen molar-refractivity contribution in [1.29, 1.82) is 0 Å². The molecular weight excluding hydrogens is 538 g/mol. The van der Waals surface area contributed by atoms with Crippen molar-refractivity contribution in [2.45, 2.75) is 57.4 Å². The Morgan fingerprint density at radius 3 is 1.88 bits per heavy atom. The SMILES string of the molecule is IN1CCC(CCCCCN2CCN(C3CCN(I)CC3)CC2)CC1. The molecule has 0 saturated carbocycles. The molecule has 3 fully saturated rings. The highest BCUT2D eigenvalue weighted by atomic mass is 127. The van der Waals surface area contributed by atoms with Gasteiger partial charge in [-0.15, -0.1) is 0 Å². The van der Waals surface area contributed by atoms with Crippen LogP contribution in [0.25, 0.3) is 0 Å². The van der Waals surface area contributed by atoms with Crippen LogP contribution in [0.15, 0.2) is 0 Å². The number of hydrogen-bond donors (Lipinski definition) is 0. The van der Waals surface area contributed by atoms with Crippen LogP contribution in [0.1, 0.15) is 51.4 Å². The Morgan fingerprint density at radius 2 is 1.24 bits per heavy atom. The van der Waals surface area contributed by atoms with E-state index in [1.807, 2.05) is 0 Å². The molecule has 3 rings (SSSR count). The van der Waals surface area contributed by atoms with E-state index in [4.69, 9.17) is 0 Å². The van der Waals surface area contributed by atoms with E-state index >= 15 is 0 Å². The zero-order valence-corrected chi connectivity index (χ0v) is 20.0. The molecule has 25 heavy (non-hydrogen) atoms. The molecular formula is C19H36I2N4. The molecule has 0 N–H and O–H groups in total. The minimum Gasteiger partial charge on any atom is -0.301 e. The summed E-state index contributed by atoms with van der Waals surface area (Å²) < 4.78 is 4.91. The van der Waals surface area contributed by atoms with Gasteiger partial charge >= 0.3 is 0 Å². The van der Waals surface area contributed by atoms with Crippen LogP contribution in [0.5, 0.6) is 0 Å². The minimum absolute atomic E-state index is 0.863. The molecule has 3 heterocycles. The summed E-state index contributed by atoms with van der Waals surface area (Å²) in [5.41, 5.74) is 0. The van der Waals surface area contributed by atoms with E-state index < -0.39 is 0 Å². The van der Waals surface area contributed by atoms with E-state index in [0.29, 0.717) is 0 Å². The third-order valence-electron chi connectivity index (χ3n) is 6.48. The van der Waals surface area contributed by atoms with E-state index in [0.717, 1.165) is 12.0 Å². The Morgan fingerprint density at radius 1 is 0.640 bits per heavy atom. The predicted molar refractivity (Wildman–Crippen MR) is 123 cm³/mol. The van der Waals surface area contributed by atoms with Crippen molar-refractivity contribution in [3.8, 4) is 0 Å². The number of halogens is 2. The van der Waals surface area contributed by atoms with E-state index in [1.54, 1.807) is 0 Å². The molecule has 146 valence electrons. The third-order valence-corrected chi connectivity index (χ3v) is 8.41. The standard InChI is InChI=1S/C19H36I2N4/c20-24-10-5-18(6-11-24)4-2-1-3-9-22-14-16-23(17-15-22)19-7-12-25(21)13-8-19/h18-19H,1-17H2. The second-order valence-corrected chi connectivity index (χ2v) is 11.0. The van der Waals surface area contributed by atoms with Crippen LogP contribution in [0.2, 0.25) is 0 Å². The average Bonchev–Trinajstić information content (AvgIpc) is 2.64. The normalized spacial score (nSPS) is 27.1. The summed E-state index contributed by atoms with van der Waals surface area (Å²) in [6.07, 6.45) is 11.4. The monoisotopic (exact) mass is 574 g/mol. The van der Waals surface area contributed by atoms with Crippen LogP contribution in [0, 0.1) is 5.92 Å². The lowest BCUT2D eigenvalue weighted by atomic mass is 9.92. The van der Waals surface area contributed by atoms with Gasteiger partial charge in [-0.05, 0) is 44.6 Å². The van der Waals surface area contributed by atoms with Gasteiger partial charge in [-0.25, -0.2) is 6.23 Å². The number of rotatable bonds is 7. The van der Waals surface area contributed by atoms with E-state index in [9.17, 15) is 0 Å².